The number of benzene rings is 2. The Morgan fingerprint density at radius 1 is 1.00 bits per heavy atom. The molecule has 5 nitrogen and oxygen atoms in total. The normalized spacial score (nSPS) is 11.5. The maximum absolute atomic E-state index is 5.98. The van der Waals surface area contributed by atoms with Crippen LogP contribution in [-0.2, 0) is 12.0 Å². The number of guanidine groups is 1. The summed E-state index contributed by atoms with van der Waals surface area (Å²) >= 11 is 0. The Morgan fingerprint density at radius 2 is 1.62 bits per heavy atom. The van der Waals surface area contributed by atoms with E-state index in [1.54, 1.807) is 14.2 Å². The molecule has 2 aromatic carbocycles. The number of ether oxygens (including phenoxy) is 2. The van der Waals surface area contributed by atoms with Crippen LogP contribution in [-0.4, -0.2) is 20.2 Å². The third kappa shape index (κ3) is 6.09. The maximum atomic E-state index is 5.98. The van der Waals surface area contributed by atoms with Crippen molar-refractivity contribution in [3.05, 3.63) is 53.6 Å². The highest BCUT2D eigenvalue weighted by atomic mass is 127. The van der Waals surface area contributed by atoms with Crippen LogP contribution >= 0.6 is 24.0 Å². The van der Waals surface area contributed by atoms with Crippen LogP contribution in [0.3, 0.4) is 0 Å². The standard InChI is InChI=1S/C20H27N3O2.HI/c1-20(2,3)15-8-6-14(7-9-15)13-22-19(21)23-16-10-11-17(24-4)18(12-16)25-5;/h6-12H,13H2,1-5H3,(H3,21,22,23);1H. The van der Waals surface area contributed by atoms with Crippen LogP contribution in [0.1, 0.15) is 31.9 Å². The third-order valence-corrected chi connectivity index (χ3v) is 3.91. The van der Waals surface area contributed by atoms with Crippen molar-refractivity contribution < 1.29 is 9.47 Å². The van der Waals surface area contributed by atoms with Crippen molar-refractivity contribution in [2.75, 3.05) is 19.5 Å². The van der Waals surface area contributed by atoms with E-state index in [1.165, 1.54) is 5.56 Å². The molecule has 0 saturated heterocycles. The monoisotopic (exact) mass is 469 g/mol. The van der Waals surface area contributed by atoms with E-state index in [4.69, 9.17) is 15.2 Å². The van der Waals surface area contributed by atoms with Gasteiger partial charge in [-0.1, -0.05) is 45.0 Å². The molecule has 0 aromatic heterocycles. The quantitative estimate of drug-likeness (QED) is 0.383. The minimum atomic E-state index is 0. The lowest BCUT2D eigenvalue weighted by atomic mass is 9.87. The fourth-order valence-electron chi connectivity index (χ4n) is 2.39. The Hall–Kier alpha value is -1.96. The topological polar surface area (TPSA) is 68.9 Å². The van der Waals surface area contributed by atoms with Gasteiger partial charge in [-0.2, -0.15) is 0 Å². The smallest absolute Gasteiger partial charge is 0.193 e. The molecule has 0 atom stereocenters. The fraction of sp³-hybridized carbons (Fsp3) is 0.350. The lowest BCUT2D eigenvalue weighted by molar-refractivity contribution is 0.355. The largest absolute Gasteiger partial charge is 0.493 e. The van der Waals surface area contributed by atoms with Crippen molar-refractivity contribution in [3.8, 4) is 11.5 Å². The molecule has 0 aliphatic heterocycles. The van der Waals surface area contributed by atoms with Gasteiger partial charge in [0.05, 0.1) is 20.8 Å². The second kappa shape index (κ2) is 9.66. The van der Waals surface area contributed by atoms with Crippen molar-refractivity contribution in [1.29, 1.82) is 0 Å². The predicted molar refractivity (Wildman–Crippen MR) is 119 cm³/mol. The van der Waals surface area contributed by atoms with Crippen molar-refractivity contribution >= 4 is 35.6 Å². The molecule has 0 radical (unpaired) electrons. The summed E-state index contributed by atoms with van der Waals surface area (Å²) in [6.45, 7) is 7.12. The first kappa shape index (κ1) is 22.1. The third-order valence-electron chi connectivity index (χ3n) is 3.91. The van der Waals surface area contributed by atoms with Crippen LogP contribution < -0.4 is 20.5 Å². The average molecular weight is 469 g/mol. The molecule has 0 unspecified atom stereocenters. The molecule has 0 aliphatic rings. The minimum Gasteiger partial charge on any atom is -0.493 e. The number of nitrogens with two attached hydrogens (primary N) is 1. The van der Waals surface area contributed by atoms with Crippen LogP contribution in [0.2, 0.25) is 0 Å². The molecule has 0 aliphatic carbocycles. The van der Waals surface area contributed by atoms with Gasteiger partial charge in [0.15, 0.2) is 17.5 Å². The van der Waals surface area contributed by atoms with Crippen molar-refractivity contribution in [2.24, 2.45) is 10.7 Å². The molecular formula is C20H28IN3O2. The van der Waals surface area contributed by atoms with Gasteiger partial charge in [-0.05, 0) is 28.7 Å². The van der Waals surface area contributed by atoms with Crippen LogP contribution in [0.25, 0.3) is 0 Å². The van der Waals surface area contributed by atoms with Crippen LogP contribution in [0, 0.1) is 0 Å². The van der Waals surface area contributed by atoms with E-state index < -0.39 is 0 Å². The second-order valence-corrected chi connectivity index (χ2v) is 6.84. The first-order valence-electron chi connectivity index (χ1n) is 8.22. The van der Waals surface area contributed by atoms with Crippen molar-refractivity contribution in [2.45, 2.75) is 32.7 Å². The molecule has 6 heteroatoms. The summed E-state index contributed by atoms with van der Waals surface area (Å²) in [6, 6.07) is 14.0. The van der Waals surface area contributed by atoms with Gasteiger partial charge in [0.2, 0.25) is 0 Å². The number of nitrogens with one attached hydrogen (secondary N) is 1. The zero-order chi connectivity index (χ0) is 18.4. The number of nitrogens with zero attached hydrogens (tertiary/aromatic N) is 1. The van der Waals surface area contributed by atoms with E-state index in [0.29, 0.717) is 24.0 Å². The minimum absolute atomic E-state index is 0. The average Bonchev–Trinajstić information content (AvgIpc) is 2.59. The summed E-state index contributed by atoms with van der Waals surface area (Å²) in [5.41, 5.74) is 9.34. The Labute approximate surface area is 173 Å². The lowest BCUT2D eigenvalue weighted by Gasteiger charge is -2.19. The van der Waals surface area contributed by atoms with Gasteiger partial charge in [-0.3, -0.25) is 0 Å². The first-order chi connectivity index (χ1) is 11.8. The molecule has 142 valence electrons. The highest BCUT2D eigenvalue weighted by molar-refractivity contribution is 14.0. The number of hydrogen-bond acceptors (Lipinski definition) is 3. The van der Waals surface area contributed by atoms with Crippen LogP contribution in [0.4, 0.5) is 5.69 Å². The molecule has 2 aromatic rings. The van der Waals surface area contributed by atoms with Crippen LogP contribution in [0.5, 0.6) is 11.5 Å². The summed E-state index contributed by atoms with van der Waals surface area (Å²) in [4.78, 5) is 4.39. The van der Waals surface area contributed by atoms with E-state index in [0.717, 1.165) is 11.3 Å². The zero-order valence-corrected chi connectivity index (χ0v) is 18.3. The summed E-state index contributed by atoms with van der Waals surface area (Å²) in [5, 5.41) is 3.07. The van der Waals surface area contributed by atoms with E-state index >= 15 is 0 Å². The summed E-state index contributed by atoms with van der Waals surface area (Å²) in [7, 11) is 3.20. The van der Waals surface area contributed by atoms with E-state index in [9.17, 15) is 0 Å². The summed E-state index contributed by atoms with van der Waals surface area (Å²) in [6.07, 6.45) is 0. The molecule has 0 heterocycles. The molecule has 0 fully saturated rings. The van der Waals surface area contributed by atoms with E-state index in [2.05, 4.69) is 55.3 Å². The first-order valence-corrected chi connectivity index (χ1v) is 8.22. The molecular weight excluding hydrogens is 441 g/mol. The summed E-state index contributed by atoms with van der Waals surface area (Å²) < 4.78 is 10.5. The van der Waals surface area contributed by atoms with Crippen LogP contribution in [0.15, 0.2) is 47.5 Å². The van der Waals surface area contributed by atoms with Crippen molar-refractivity contribution in [1.82, 2.24) is 0 Å². The van der Waals surface area contributed by atoms with Gasteiger partial charge in [0.25, 0.3) is 0 Å². The molecule has 0 bridgehead atoms. The summed E-state index contributed by atoms with van der Waals surface area (Å²) in [5.74, 6) is 1.66. The Morgan fingerprint density at radius 3 is 2.15 bits per heavy atom. The highest BCUT2D eigenvalue weighted by Gasteiger charge is 2.12. The van der Waals surface area contributed by atoms with Gasteiger partial charge in [0.1, 0.15) is 0 Å². The Bertz CT molecular complexity index is 738. The predicted octanol–water partition coefficient (Wildman–Crippen LogP) is 4.55. The molecule has 0 saturated carbocycles. The molecule has 26 heavy (non-hydrogen) atoms. The Balaban J connectivity index is 0.00000338. The van der Waals surface area contributed by atoms with Gasteiger partial charge in [-0.25, -0.2) is 4.99 Å². The molecule has 2 rings (SSSR count). The van der Waals surface area contributed by atoms with E-state index in [1.807, 2.05) is 18.2 Å². The van der Waals surface area contributed by atoms with E-state index in [-0.39, 0.29) is 29.4 Å². The Kier molecular flexibility index (Phi) is 8.20. The lowest BCUT2D eigenvalue weighted by Crippen LogP contribution is -2.22. The number of anilines is 1. The maximum Gasteiger partial charge on any atom is 0.193 e. The fourth-order valence-corrected chi connectivity index (χ4v) is 2.39. The number of aliphatic imine (C=N–C) groups is 1. The van der Waals surface area contributed by atoms with Gasteiger partial charge in [0, 0.05) is 11.8 Å². The molecule has 3 N–H and O–H groups in total. The SMILES string of the molecule is COc1ccc(NC(N)=NCc2ccc(C(C)(C)C)cc2)cc1OC.I. The zero-order valence-electron chi connectivity index (χ0n) is 16.0. The number of hydrogen-bond donors (Lipinski definition) is 2. The van der Waals surface area contributed by atoms with Crippen molar-refractivity contribution in [3.63, 3.8) is 0 Å². The highest BCUT2D eigenvalue weighted by Crippen LogP contribution is 2.29. The molecule has 0 amide bonds. The number of halogens is 1. The second-order valence-electron chi connectivity index (χ2n) is 6.84. The number of methoxy groups -OCH3 is 2. The van der Waals surface area contributed by atoms with Gasteiger partial charge < -0.3 is 20.5 Å². The van der Waals surface area contributed by atoms with Gasteiger partial charge in [-0.15, -0.1) is 24.0 Å². The number of rotatable bonds is 5. The molecule has 0 spiro atoms. The van der Waals surface area contributed by atoms with Gasteiger partial charge >= 0.3 is 0 Å².